The first-order chi connectivity index (χ1) is 15.1. The Morgan fingerprint density at radius 2 is 1.45 bits per heavy atom. The summed E-state index contributed by atoms with van der Waals surface area (Å²) in [5.41, 5.74) is 1.73. The van der Waals surface area contributed by atoms with Crippen molar-refractivity contribution in [2.24, 2.45) is 11.8 Å². The molecule has 2 aliphatic heterocycles. The van der Waals surface area contributed by atoms with Crippen LogP contribution in [0.1, 0.15) is 58.4 Å². The topological polar surface area (TPSA) is 57.7 Å². The monoisotopic (exact) mass is 416 g/mol. The van der Waals surface area contributed by atoms with E-state index in [0.717, 1.165) is 18.5 Å². The molecular formula is C26H28N2O3. The van der Waals surface area contributed by atoms with Crippen LogP contribution in [0.25, 0.3) is 0 Å². The molecule has 3 atom stereocenters. The molecule has 160 valence electrons. The standard InChI is InChI=1S/C26H28N2O3/c29-24-21-12-6-7-13-22(21)25(30)28(24)23(16-18-8-2-1-3-9-18)26(31)27-15-14-19-10-4-5-11-20(19)17-27/h1-3,6-9,12-13,19-20,23H,4-5,10-11,14-17H2/t19-,20+,23-/m0/s1. The summed E-state index contributed by atoms with van der Waals surface area (Å²) in [6.45, 7) is 1.46. The molecule has 0 N–H and O–H groups in total. The van der Waals surface area contributed by atoms with Gasteiger partial charge in [-0.2, -0.15) is 0 Å². The smallest absolute Gasteiger partial charge is 0.262 e. The summed E-state index contributed by atoms with van der Waals surface area (Å²) in [5.74, 6) is 0.447. The van der Waals surface area contributed by atoms with Gasteiger partial charge < -0.3 is 4.90 Å². The fraction of sp³-hybridized carbons (Fsp3) is 0.423. The molecule has 5 nitrogen and oxygen atoms in total. The molecule has 1 saturated heterocycles. The summed E-state index contributed by atoms with van der Waals surface area (Å²) in [7, 11) is 0. The molecule has 1 saturated carbocycles. The number of amides is 3. The fourth-order valence-electron chi connectivity index (χ4n) is 5.63. The van der Waals surface area contributed by atoms with Crippen LogP contribution in [0.4, 0.5) is 0 Å². The van der Waals surface area contributed by atoms with E-state index >= 15 is 0 Å². The van der Waals surface area contributed by atoms with Gasteiger partial charge in [0.05, 0.1) is 11.1 Å². The molecule has 3 amide bonds. The van der Waals surface area contributed by atoms with Crippen molar-refractivity contribution in [3.05, 3.63) is 71.3 Å². The Morgan fingerprint density at radius 1 is 0.839 bits per heavy atom. The number of benzene rings is 2. The van der Waals surface area contributed by atoms with Gasteiger partial charge in [0.25, 0.3) is 11.8 Å². The second-order valence-corrected chi connectivity index (χ2v) is 9.11. The summed E-state index contributed by atoms with van der Waals surface area (Å²) in [6.07, 6.45) is 6.32. The zero-order valence-electron chi connectivity index (χ0n) is 17.7. The number of rotatable bonds is 4. The number of piperidine rings is 1. The second kappa shape index (κ2) is 8.29. The molecule has 2 fully saturated rings. The van der Waals surface area contributed by atoms with Crippen molar-refractivity contribution in [3.63, 3.8) is 0 Å². The lowest BCUT2D eigenvalue weighted by molar-refractivity contribution is -0.138. The molecule has 2 aromatic carbocycles. The number of nitrogens with zero attached hydrogens (tertiary/aromatic N) is 2. The summed E-state index contributed by atoms with van der Waals surface area (Å²) < 4.78 is 0. The third-order valence-electron chi connectivity index (χ3n) is 7.30. The number of carbonyl (C=O) groups excluding carboxylic acids is 3. The third kappa shape index (κ3) is 3.67. The Kier molecular flexibility index (Phi) is 5.34. The molecule has 5 heteroatoms. The van der Waals surface area contributed by atoms with Gasteiger partial charge in [0.2, 0.25) is 5.91 Å². The first-order valence-electron chi connectivity index (χ1n) is 11.4. The number of fused-ring (bicyclic) bond motifs is 2. The highest BCUT2D eigenvalue weighted by Crippen LogP contribution is 2.37. The van der Waals surface area contributed by atoms with Gasteiger partial charge in [-0.15, -0.1) is 0 Å². The zero-order valence-corrected chi connectivity index (χ0v) is 17.7. The first-order valence-corrected chi connectivity index (χ1v) is 11.4. The SMILES string of the molecule is O=C([C@H](Cc1ccccc1)N1C(=O)c2ccccc2C1=O)N1CC[C@@H]2CCCC[C@@H]2C1. The second-order valence-electron chi connectivity index (χ2n) is 9.11. The minimum absolute atomic E-state index is 0.0950. The van der Waals surface area contributed by atoms with Crippen LogP contribution in [-0.4, -0.2) is 46.7 Å². The molecule has 2 aromatic rings. The van der Waals surface area contributed by atoms with E-state index in [4.69, 9.17) is 0 Å². The molecule has 3 aliphatic rings. The van der Waals surface area contributed by atoms with Crippen LogP contribution < -0.4 is 0 Å². The fourth-order valence-corrected chi connectivity index (χ4v) is 5.63. The van der Waals surface area contributed by atoms with Gasteiger partial charge in [-0.25, -0.2) is 0 Å². The predicted molar refractivity (Wildman–Crippen MR) is 118 cm³/mol. The molecular weight excluding hydrogens is 388 g/mol. The largest absolute Gasteiger partial charge is 0.341 e. The third-order valence-corrected chi connectivity index (χ3v) is 7.30. The normalized spacial score (nSPS) is 24.0. The van der Waals surface area contributed by atoms with Crippen LogP contribution in [0.2, 0.25) is 0 Å². The quantitative estimate of drug-likeness (QED) is 0.710. The van der Waals surface area contributed by atoms with Crippen LogP contribution in [0.5, 0.6) is 0 Å². The zero-order chi connectivity index (χ0) is 21.4. The van der Waals surface area contributed by atoms with Crippen molar-refractivity contribution >= 4 is 17.7 Å². The van der Waals surface area contributed by atoms with E-state index in [1.165, 1.54) is 30.6 Å². The van der Waals surface area contributed by atoms with Gasteiger partial charge in [0.1, 0.15) is 6.04 Å². The Hall–Kier alpha value is -2.95. The van der Waals surface area contributed by atoms with Crippen LogP contribution in [0, 0.1) is 11.8 Å². The average Bonchev–Trinajstić information content (AvgIpc) is 3.07. The van der Waals surface area contributed by atoms with Gasteiger partial charge in [-0.1, -0.05) is 61.7 Å². The molecule has 31 heavy (non-hydrogen) atoms. The Morgan fingerprint density at radius 3 is 2.13 bits per heavy atom. The minimum atomic E-state index is -0.810. The van der Waals surface area contributed by atoms with Crippen molar-refractivity contribution in [2.75, 3.05) is 13.1 Å². The van der Waals surface area contributed by atoms with Crippen LogP contribution in [0.15, 0.2) is 54.6 Å². The van der Waals surface area contributed by atoms with E-state index in [1.54, 1.807) is 24.3 Å². The van der Waals surface area contributed by atoms with E-state index < -0.39 is 6.04 Å². The van der Waals surface area contributed by atoms with E-state index in [2.05, 4.69) is 0 Å². The number of imide groups is 1. The van der Waals surface area contributed by atoms with Crippen molar-refractivity contribution in [2.45, 2.75) is 44.6 Å². The Labute approximate surface area is 183 Å². The molecule has 0 bridgehead atoms. The molecule has 0 radical (unpaired) electrons. The van der Waals surface area contributed by atoms with E-state index in [0.29, 0.717) is 35.9 Å². The molecule has 5 rings (SSSR count). The van der Waals surface area contributed by atoms with Crippen molar-refractivity contribution in [1.29, 1.82) is 0 Å². The summed E-state index contributed by atoms with van der Waals surface area (Å²) in [5, 5.41) is 0. The minimum Gasteiger partial charge on any atom is -0.341 e. The number of likely N-dealkylation sites (tertiary alicyclic amines) is 1. The Balaban J connectivity index is 1.44. The Bertz CT molecular complexity index is 968. The lowest BCUT2D eigenvalue weighted by Crippen LogP contribution is -2.55. The highest BCUT2D eigenvalue weighted by molar-refractivity contribution is 6.22. The number of hydrogen-bond acceptors (Lipinski definition) is 3. The van der Waals surface area contributed by atoms with E-state index in [9.17, 15) is 14.4 Å². The lowest BCUT2D eigenvalue weighted by Gasteiger charge is -2.43. The average molecular weight is 417 g/mol. The maximum absolute atomic E-state index is 13.8. The number of hydrogen-bond donors (Lipinski definition) is 0. The van der Waals surface area contributed by atoms with Crippen LogP contribution >= 0.6 is 0 Å². The van der Waals surface area contributed by atoms with Crippen LogP contribution in [0.3, 0.4) is 0 Å². The van der Waals surface area contributed by atoms with E-state index in [1.807, 2.05) is 35.2 Å². The van der Waals surface area contributed by atoms with Gasteiger partial charge in [0, 0.05) is 19.5 Å². The van der Waals surface area contributed by atoms with Gasteiger partial charge in [0.15, 0.2) is 0 Å². The number of carbonyl (C=O) groups is 3. The molecule has 1 aliphatic carbocycles. The predicted octanol–water partition coefficient (Wildman–Crippen LogP) is 3.93. The maximum Gasteiger partial charge on any atom is 0.262 e. The lowest BCUT2D eigenvalue weighted by atomic mass is 9.75. The van der Waals surface area contributed by atoms with Gasteiger partial charge in [-0.05, 0) is 42.4 Å². The molecule has 2 heterocycles. The first kappa shape index (κ1) is 20.0. The summed E-state index contributed by atoms with van der Waals surface area (Å²) in [6, 6.07) is 15.7. The van der Waals surface area contributed by atoms with Gasteiger partial charge in [-0.3, -0.25) is 19.3 Å². The molecule has 0 spiro atoms. The maximum atomic E-state index is 13.8. The van der Waals surface area contributed by atoms with Crippen LogP contribution in [-0.2, 0) is 11.2 Å². The summed E-state index contributed by atoms with van der Waals surface area (Å²) in [4.78, 5) is 43.3. The van der Waals surface area contributed by atoms with Crippen molar-refractivity contribution in [3.8, 4) is 0 Å². The van der Waals surface area contributed by atoms with E-state index in [-0.39, 0.29) is 17.7 Å². The highest BCUT2D eigenvalue weighted by Gasteiger charge is 2.45. The summed E-state index contributed by atoms with van der Waals surface area (Å²) >= 11 is 0. The van der Waals surface area contributed by atoms with Crippen molar-refractivity contribution < 1.29 is 14.4 Å². The highest BCUT2D eigenvalue weighted by atomic mass is 16.2. The molecule has 0 aromatic heterocycles. The van der Waals surface area contributed by atoms with Crippen molar-refractivity contribution in [1.82, 2.24) is 9.80 Å². The van der Waals surface area contributed by atoms with Gasteiger partial charge >= 0.3 is 0 Å². The molecule has 0 unspecified atom stereocenters.